The lowest BCUT2D eigenvalue weighted by atomic mass is 10.3. The molecular weight excluding hydrogens is 404 g/mol. The van der Waals surface area contributed by atoms with Crippen molar-refractivity contribution in [3.05, 3.63) is 45.9 Å². The molecule has 0 aliphatic rings. The Kier molecular flexibility index (Phi) is 5.66. The summed E-state index contributed by atoms with van der Waals surface area (Å²) in [6, 6.07) is 8.19. The molecule has 0 unspecified atom stereocenters. The Morgan fingerprint density at radius 1 is 1.25 bits per heavy atom. The molecule has 10 heteroatoms. The van der Waals surface area contributed by atoms with Gasteiger partial charge >= 0.3 is 12.0 Å². The van der Waals surface area contributed by atoms with Crippen molar-refractivity contribution in [1.82, 2.24) is 20.4 Å². The number of thiophene rings is 1. The van der Waals surface area contributed by atoms with Gasteiger partial charge in [0.25, 0.3) is 5.91 Å². The fourth-order valence-corrected chi connectivity index (χ4v) is 3.65. The highest BCUT2D eigenvalue weighted by Crippen LogP contribution is 2.31. The van der Waals surface area contributed by atoms with Crippen molar-refractivity contribution < 1.29 is 19.1 Å². The van der Waals surface area contributed by atoms with E-state index >= 15 is 0 Å². The first kappa shape index (κ1) is 19.8. The average molecular weight is 421 g/mol. The molecule has 28 heavy (non-hydrogen) atoms. The number of halogens is 1. The maximum atomic E-state index is 12.4. The highest BCUT2D eigenvalue weighted by atomic mass is 35.5. The summed E-state index contributed by atoms with van der Waals surface area (Å²) in [6.07, 6.45) is -1.12. The van der Waals surface area contributed by atoms with Gasteiger partial charge in [0.05, 0.1) is 11.4 Å². The zero-order valence-corrected chi connectivity index (χ0v) is 16.9. The molecule has 3 aromatic rings. The monoisotopic (exact) mass is 420 g/mol. The van der Waals surface area contributed by atoms with Gasteiger partial charge < -0.3 is 10.1 Å². The minimum atomic E-state index is -1.12. The van der Waals surface area contributed by atoms with E-state index < -0.39 is 24.0 Å². The number of aromatic nitrogens is 2. The Morgan fingerprint density at radius 2 is 1.93 bits per heavy atom. The summed E-state index contributed by atoms with van der Waals surface area (Å²) >= 11 is 7.14. The summed E-state index contributed by atoms with van der Waals surface area (Å²) in [5.74, 6) is -1.36. The Morgan fingerprint density at radius 3 is 2.57 bits per heavy atom. The average Bonchev–Trinajstić information content (AvgIpc) is 3.23. The molecule has 2 aromatic heterocycles. The van der Waals surface area contributed by atoms with Gasteiger partial charge in [0, 0.05) is 17.5 Å². The van der Waals surface area contributed by atoms with Crippen LogP contribution in [0.1, 0.15) is 22.3 Å². The molecule has 2 N–H and O–H groups in total. The Balaban J connectivity index is 1.83. The van der Waals surface area contributed by atoms with E-state index in [0.29, 0.717) is 9.90 Å². The smallest absolute Gasteiger partial charge is 0.349 e. The number of hydrogen-bond acceptors (Lipinski definition) is 6. The molecule has 3 rings (SSSR count). The number of hydrogen-bond donors (Lipinski definition) is 2. The predicted octanol–water partition coefficient (Wildman–Crippen LogP) is 3.05. The number of aryl methyl sites for hydroxylation is 1. The van der Waals surface area contributed by atoms with Crippen LogP contribution in [0.15, 0.2) is 30.3 Å². The Bertz CT molecular complexity index is 1060. The van der Waals surface area contributed by atoms with Gasteiger partial charge in [-0.05, 0) is 44.2 Å². The SMILES string of the molecule is CNC(=O)NC(=O)[C@@H](C)OC(=O)c1cc2c(C)nn(-c3ccc(Cl)cc3)c2s1. The molecule has 0 aliphatic heterocycles. The molecule has 0 spiro atoms. The first-order chi connectivity index (χ1) is 13.3. The summed E-state index contributed by atoms with van der Waals surface area (Å²) in [5, 5.41) is 10.3. The lowest BCUT2D eigenvalue weighted by Gasteiger charge is -2.11. The number of urea groups is 1. The first-order valence-electron chi connectivity index (χ1n) is 8.28. The first-order valence-corrected chi connectivity index (χ1v) is 9.48. The number of fused-ring (bicyclic) bond motifs is 1. The van der Waals surface area contributed by atoms with E-state index in [0.717, 1.165) is 21.6 Å². The molecule has 1 atom stereocenters. The van der Waals surface area contributed by atoms with E-state index in [1.165, 1.54) is 25.3 Å². The number of esters is 1. The zero-order valence-electron chi connectivity index (χ0n) is 15.3. The van der Waals surface area contributed by atoms with Gasteiger partial charge in [-0.15, -0.1) is 11.3 Å². The second-order valence-electron chi connectivity index (χ2n) is 5.92. The van der Waals surface area contributed by atoms with Crippen LogP contribution in [0.2, 0.25) is 5.02 Å². The number of carbonyl (C=O) groups excluding carboxylic acids is 3. The third kappa shape index (κ3) is 4.00. The molecule has 3 amide bonds. The third-order valence-electron chi connectivity index (χ3n) is 3.93. The van der Waals surface area contributed by atoms with Gasteiger partial charge in [0.15, 0.2) is 6.10 Å². The third-order valence-corrected chi connectivity index (χ3v) is 5.28. The normalized spacial score (nSPS) is 11.9. The molecule has 146 valence electrons. The van der Waals surface area contributed by atoms with Crippen molar-refractivity contribution in [3.8, 4) is 5.69 Å². The molecule has 0 aliphatic carbocycles. The molecule has 0 saturated carbocycles. The zero-order chi connectivity index (χ0) is 20.4. The quantitative estimate of drug-likeness (QED) is 0.631. The van der Waals surface area contributed by atoms with Crippen LogP contribution < -0.4 is 10.6 Å². The maximum absolute atomic E-state index is 12.4. The minimum absolute atomic E-state index is 0.331. The highest BCUT2D eigenvalue weighted by Gasteiger charge is 2.23. The van der Waals surface area contributed by atoms with E-state index in [2.05, 4.69) is 15.7 Å². The Hall–Kier alpha value is -2.91. The number of nitrogens with one attached hydrogen (secondary N) is 2. The van der Waals surface area contributed by atoms with Crippen LogP contribution in [0.3, 0.4) is 0 Å². The fourth-order valence-electron chi connectivity index (χ4n) is 2.45. The van der Waals surface area contributed by atoms with Gasteiger partial charge in [0.2, 0.25) is 0 Å². The molecule has 0 bridgehead atoms. The molecule has 0 fully saturated rings. The minimum Gasteiger partial charge on any atom is -0.448 e. The van der Waals surface area contributed by atoms with E-state index in [4.69, 9.17) is 16.3 Å². The molecule has 1 aromatic carbocycles. The highest BCUT2D eigenvalue weighted by molar-refractivity contribution is 7.20. The van der Waals surface area contributed by atoms with Crippen LogP contribution in [0.25, 0.3) is 15.9 Å². The number of amides is 3. The lowest BCUT2D eigenvalue weighted by Crippen LogP contribution is -2.43. The number of imide groups is 1. The largest absolute Gasteiger partial charge is 0.448 e. The van der Waals surface area contributed by atoms with E-state index in [-0.39, 0.29) is 0 Å². The maximum Gasteiger partial charge on any atom is 0.349 e. The van der Waals surface area contributed by atoms with Crippen molar-refractivity contribution in [2.75, 3.05) is 7.05 Å². The lowest BCUT2D eigenvalue weighted by molar-refractivity contribution is -0.127. The van der Waals surface area contributed by atoms with Crippen LogP contribution in [-0.4, -0.2) is 40.8 Å². The summed E-state index contributed by atoms with van der Waals surface area (Å²) < 4.78 is 6.90. The second-order valence-corrected chi connectivity index (χ2v) is 7.39. The van der Waals surface area contributed by atoms with Crippen molar-refractivity contribution in [2.45, 2.75) is 20.0 Å². The number of benzene rings is 1. The summed E-state index contributed by atoms with van der Waals surface area (Å²) in [6.45, 7) is 3.24. The topological polar surface area (TPSA) is 102 Å². The van der Waals surface area contributed by atoms with Crippen molar-refractivity contribution in [1.29, 1.82) is 0 Å². The van der Waals surface area contributed by atoms with E-state index in [1.54, 1.807) is 22.9 Å². The van der Waals surface area contributed by atoms with E-state index in [1.807, 2.05) is 19.1 Å². The van der Waals surface area contributed by atoms with E-state index in [9.17, 15) is 14.4 Å². The van der Waals surface area contributed by atoms with Crippen molar-refractivity contribution in [3.63, 3.8) is 0 Å². The van der Waals surface area contributed by atoms with Crippen LogP contribution in [0.4, 0.5) is 4.79 Å². The van der Waals surface area contributed by atoms with Gasteiger partial charge in [-0.25, -0.2) is 14.3 Å². The number of ether oxygens (including phenoxy) is 1. The number of nitrogens with zero attached hydrogens (tertiary/aromatic N) is 2. The molecule has 0 saturated heterocycles. The molecule has 2 heterocycles. The van der Waals surface area contributed by atoms with Crippen molar-refractivity contribution in [2.24, 2.45) is 0 Å². The van der Waals surface area contributed by atoms with Crippen molar-refractivity contribution >= 4 is 51.1 Å². The van der Waals surface area contributed by atoms with Gasteiger partial charge in [-0.3, -0.25) is 10.1 Å². The van der Waals surface area contributed by atoms with Crippen LogP contribution in [0, 0.1) is 6.92 Å². The number of carbonyl (C=O) groups is 3. The molecular formula is C18H17ClN4O4S. The van der Waals surface area contributed by atoms with Gasteiger partial charge in [-0.2, -0.15) is 5.10 Å². The van der Waals surface area contributed by atoms with Crippen LogP contribution >= 0.6 is 22.9 Å². The molecule has 8 nitrogen and oxygen atoms in total. The summed E-state index contributed by atoms with van der Waals surface area (Å²) in [7, 11) is 1.38. The predicted molar refractivity (Wildman–Crippen MR) is 106 cm³/mol. The fraction of sp³-hybridized carbons (Fsp3) is 0.222. The van der Waals surface area contributed by atoms with Gasteiger partial charge in [0.1, 0.15) is 9.71 Å². The Labute approximate surface area is 169 Å². The summed E-state index contributed by atoms with van der Waals surface area (Å²) in [5.41, 5.74) is 1.56. The van der Waals surface area contributed by atoms with Gasteiger partial charge in [-0.1, -0.05) is 11.6 Å². The second kappa shape index (κ2) is 7.99. The standard InChI is InChI=1S/C18H17ClN4O4S/c1-9-13-8-14(17(25)27-10(2)15(24)21-18(26)20-3)28-16(13)23(22-9)12-6-4-11(19)5-7-12/h4-8,10H,1-3H3,(H2,20,21,24,26)/t10-/m1/s1. The van der Waals surface area contributed by atoms with Crippen LogP contribution in [-0.2, 0) is 9.53 Å². The number of rotatable bonds is 4. The molecule has 0 radical (unpaired) electrons. The van der Waals surface area contributed by atoms with Crippen LogP contribution in [0.5, 0.6) is 0 Å². The summed E-state index contributed by atoms with van der Waals surface area (Å²) in [4.78, 5) is 36.6.